The maximum Gasteiger partial charge on any atom is 0.350 e. The second-order valence-corrected chi connectivity index (χ2v) is 7.62. The first kappa shape index (κ1) is 21.0. The number of fused-ring (bicyclic) bond motifs is 1. The zero-order valence-electron chi connectivity index (χ0n) is 17.8. The van der Waals surface area contributed by atoms with Gasteiger partial charge >= 0.3 is 5.69 Å². The van der Waals surface area contributed by atoms with Crippen LogP contribution in [0.1, 0.15) is 27.0 Å². The summed E-state index contributed by atoms with van der Waals surface area (Å²) in [6.45, 7) is 4.04. The highest BCUT2D eigenvalue weighted by Crippen LogP contribution is 2.13. The molecule has 0 radical (unpaired) electrons. The predicted octanol–water partition coefficient (Wildman–Crippen LogP) is 2.68. The van der Waals surface area contributed by atoms with Gasteiger partial charge in [0.25, 0.3) is 5.91 Å². The number of amides is 2. The fraction of sp³-hybridized carbons (Fsp3) is 0.167. The lowest BCUT2D eigenvalue weighted by atomic mass is 10.1. The molecule has 2 heterocycles. The van der Waals surface area contributed by atoms with Crippen LogP contribution in [-0.4, -0.2) is 26.0 Å². The average molecular weight is 429 g/mol. The van der Waals surface area contributed by atoms with Gasteiger partial charge in [0.2, 0.25) is 5.91 Å². The number of anilines is 1. The van der Waals surface area contributed by atoms with E-state index in [0.717, 1.165) is 21.4 Å². The fourth-order valence-corrected chi connectivity index (χ4v) is 3.28. The van der Waals surface area contributed by atoms with E-state index in [1.54, 1.807) is 18.2 Å². The zero-order valence-corrected chi connectivity index (χ0v) is 17.8. The molecule has 0 spiro atoms. The Balaban J connectivity index is 1.47. The summed E-state index contributed by atoms with van der Waals surface area (Å²) in [6, 6.07) is 18.4. The van der Waals surface area contributed by atoms with Gasteiger partial charge in [0.15, 0.2) is 5.65 Å². The number of rotatable bonds is 6. The maximum atomic E-state index is 12.7. The molecule has 2 aromatic heterocycles. The lowest BCUT2D eigenvalue weighted by Gasteiger charge is -2.07. The van der Waals surface area contributed by atoms with Crippen molar-refractivity contribution in [1.29, 1.82) is 0 Å². The van der Waals surface area contributed by atoms with E-state index in [-0.39, 0.29) is 18.4 Å². The van der Waals surface area contributed by atoms with Gasteiger partial charge < -0.3 is 10.6 Å². The molecule has 8 heteroatoms. The third-order valence-electron chi connectivity index (χ3n) is 5.13. The molecule has 2 N–H and O–H groups in total. The van der Waals surface area contributed by atoms with E-state index in [1.807, 2.05) is 56.3 Å². The molecular formula is C24H23N5O3. The fourth-order valence-electron chi connectivity index (χ4n) is 3.28. The largest absolute Gasteiger partial charge is 0.350 e. The molecule has 0 aliphatic heterocycles. The van der Waals surface area contributed by atoms with Crippen LogP contribution in [-0.2, 0) is 17.9 Å². The van der Waals surface area contributed by atoms with E-state index >= 15 is 0 Å². The highest BCUT2D eigenvalue weighted by molar-refractivity contribution is 5.94. The monoisotopic (exact) mass is 429 g/mol. The van der Waals surface area contributed by atoms with Gasteiger partial charge in [-0.25, -0.2) is 13.9 Å². The van der Waals surface area contributed by atoms with E-state index in [9.17, 15) is 14.4 Å². The Kier molecular flexibility index (Phi) is 5.85. The number of aryl methyl sites for hydroxylation is 2. The van der Waals surface area contributed by atoms with Crippen molar-refractivity contribution in [1.82, 2.24) is 19.5 Å². The second kappa shape index (κ2) is 8.89. The van der Waals surface area contributed by atoms with E-state index in [4.69, 9.17) is 0 Å². The highest BCUT2D eigenvalue weighted by atomic mass is 16.2. The minimum absolute atomic E-state index is 0.232. The van der Waals surface area contributed by atoms with E-state index in [2.05, 4.69) is 15.7 Å². The van der Waals surface area contributed by atoms with Gasteiger partial charge in [-0.1, -0.05) is 48.0 Å². The standard InChI is InChI=1S/C24H23N5O3/c1-16-7-9-18(10-8-16)13-25-23(31)19-11-12-21-27-29(24(32)28(21)14-19)15-22(30)26-20-6-4-3-5-17(20)2/h3-12,14H,13,15H2,1-2H3,(H,25,31)(H,26,30). The van der Waals surface area contributed by atoms with Gasteiger partial charge in [-0.2, -0.15) is 0 Å². The number of para-hydroxylation sites is 1. The van der Waals surface area contributed by atoms with Crippen LogP contribution >= 0.6 is 0 Å². The van der Waals surface area contributed by atoms with Crippen LogP contribution < -0.4 is 16.3 Å². The van der Waals surface area contributed by atoms with Crippen LogP contribution in [0.25, 0.3) is 5.65 Å². The summed E-state index contributed by atoms with van der Waals surface area (Å²) in [7, 11) is 0. The molecule has 0 bridgehead atoms. The molecule has 8 nitrogen and oxygen atoms in total. The zero-order chi connectivity index (χ0) is 22.7. The minimum atomic E-state index is -0.492. The third kappa shape index (κ3) is 4.59. The third-order valence-corrected chi connectivity index (χ3v) is 5.13. The van der Waals surface area contributed by atoms with Crippen molar-refractivity contribution < 1.29 is 9.59 Å². The summed E-state index contributed by atoms with van der Waals surface area (Å²) in [5.41, 5.74) is 3.92. The highest BCUT2D eigenvalue weighted by Gasteiger charge is 2.14. The van der Waals surface area contributed by atoms with Gasteiger partial charge in [0, 0.05) is 18.4 Å². The first-order valence-corrected chi connectivity index (χ1v) is 10.2. The van der Waals surface area contributed by atoms with Crippen molar-refractivity contribution in [2.45, 2.75) is 26.9 Å². The number of pyridine rings is 1. The molecule has 0 aliphatic carbocycles. The van der Waals surface area contributed by atoms with Crippen molar-refractivity contribution in [3.63, 3.8) is 0 Å². The molecule has 162 valence electrons. The summed E-state index contributed by atoms with van der Waals surface area (Å²) in [5.74, 6) is -0.662. The summed E-state index contributed by atoms with van der Waals surface area (Å²) in [5, 5.41) is 9.82. The van der Waals surface area contributed by atoms with Crippen molar-refractivity contribution in [2.24, 2.45) is 0 Å². The molecule has 0 atom stereocenters. The Morgan fingerprint density at radius 3 is 2.47 bits per heavy atom. The van der Waals surface area contributed by atoms with Crippen LogP contribution in [0.2, 0.25) is 0 Å². The molecule has 0 fully saturated rings. The van der Waals surface area contributed by atoms with E-state index in [0.29, 0.717) is 23.4 Å². The molecule has 0 aliphatic rings. The van der Waals surface area contributed by atoms with Crippen LogP contribution in [0.4, 0.5) is 5.69 Å². The number of aromatic nitrogens is 3. The molecule has 4 rings (SSSR count). The van der Waals surface area contributed by atoms with Crippen molar-refractivity contribution in [3.8, 4) is 0 Å². The summed E-state index contributed by atoms with van der Waals surface area (Å²) in [4.78, 5) is 37.7. The topological polar surface area (TPSA) is 97.5 Å². The number of hydrogen-bond acceptors (Lipinski definition) is 4. The van der Waals surface area contributed by atoms with Crippen molar-refractivity contribution in [2.75, 3.05) is 5.32 Å². The van der Waals surface area contributed by atoms with Crippen LogP contribution in [0.3, 0.4) is 0 Å². The van der Waals surface area contributed by atoms with Gasteiger partial charge in [-0.15, -0.1) is 5.10 Å². The molecule has 0 unspecified atom stereocenters. The Morgan fingerprint density at radius 2 is 1.72 bits per heavy atom. The maximum absolute atomic E-state index is 12.7. The number of nitrogens with zero attached hydrogens (tertiary/aromatic N) is 3. The molecule has 0 saturated carbocycles. The SMILES string of the molecule is Cc1ccc(CNC(=O)c2ccc3nn(CC(=O)Nc4ccccc4C)c(=O)n3c2)cc1. The Hall–Kier alpha value is -4.20. The van der Waals surface area contributed by atoms with E-state index in [1.165, 1.54) is 10.6 Å². The van der Waals surface area contributed by atoms with Crippen molar-refractivity contribution in [3.05, 3.63) is 99.6 Å². The first-order valence-electron chi connectivity index (χ1n) is 10.2. The van der Waals surface area contributed by atoms with Crippen molar-refractivity contribution >= 4 is 23.1 Å². The first-order chi connectivity index (χ1) is 15.4. The lowest BCUT2D eigenvalue weighted by molar-refractivity contribution is -0.117. The van der Waals surface area contributed by atoms with Crippen LogP contribution in [0.15, 0.2) is 71.7 Å². The summed E-state index contributed by atoms with van der Waals surface area (Å²) in [6.07, 6.45) is 1.44. The molecular weight excluding hydrogens is 406 g/mol. The van der Waals surface area contributed by atoms with Gasteiger partial charge in [0.1, 0.15) is 6.54 Å². The summed E-state index contributed by atoms with van der Waals surface area (Å²) >= 11 is 0. The predicted molar refractivity (Wildman–Crippen MR) is 122 cm³/mol. The van der Waals surface area contributed by atoms with Crippen LogP contribution in [0.5, 0.6) is 0 Å². The van der Waals surface area contributed by atoms with E-state index < -0.39 is 5.69 Å². The Labute approximate surface area is 184 Å². The number of nitrogens with one attached hydrogen (secondary N) is 2. The van der Waals surface area contributed by atoms with Gasteiger partial charge in [-0.05, 0) is 43.2 Å². The average Bonchev–Trinajstić information content (AvgIpc) is 3.09. The number of carbonyl (C=O) groups excluding carboxylic acids is 2. The molecule has 2 aromatic carbocycles. The van der Waals surface area contributed by atoms with Gasteiger partial charge in [0.05, 0.1) is 5.56 Å². The summed E-state index contributed by atoms with van der Waals surface area (Å²) < 4.78 is 2.35. The normalized spacial score (nSPS) is 10.8. The molecule has 2 amide bonds. The molecule has 32 heavy (non-hydrogen) atoms. The Bertz CT molecular complexity index is 1350. The smallest absolute Gasteiger partial charge is 0.348 e. The number of carbonyl (C=O) groups is 2. The lowest BCUT2D eigenvalue weighted by Crippen LogP contribution is -2.29. The van der Waals surface area contributed by atoms with Gasteiger partial charge in [-0.3, -0.25) is 9.59 Å². The quantitative estimate of drug-likeness (QED) is 0.492. The molecule has 0 saturated heterocycles. The second-order valence-electron chi connectivity index (χ2n) is 7.62. The minimum Gasteiger partial charge on any atom is -0.348 e. The molecule has 4 aromatic rings. The number of hydrogen-bond donors (Lipinski definition) is 2. The van der Waals surface area contributed by atoms with Crippen LogP contribution in [0, 0.1) is 13.8 Å². The number of benzene rings is 2. The Morgan fingerprint density at radius 1 is 0.969 bits per heavy atom.